The lowest BCUT2D eigenvalue weighted by Crippen LogP contribution is -1.99. The van der Waals surface area contributed by atoms with Gasteiger partial charge in [-0.15, -0.1) is 0 Å². The van der Waals surface area contributed by atoms with Crippen molar-refractivity contribution in [1.29, 1.82) is 5.26 Å². The first-order valence-electron chi connectivity index (χ1n) is 5.19. The van der Waals surface area contributed by atoms with Crippen LogP contribution in [0.3, 0.4) is 0 Å². The lowest BCUT2D eigenvalue weighted by molar-refractivity contribution is 0.752. The highest BCUT2D eigenvalue weighted by molar-refractivity contribution is 5.28. The van der Waals surface area contributed by atoms with Crippen molar-refractivity contribution >= 4 is 0 Å². The monoisotopic (exact) mass is 195 g/mol. The maximum Gasteiger partial charge on any atom is 0.0661 e. The number of hydrogen-bond donors (Lipinski definition) is 0. The molecular weight excluding hydrogens is 182 g/mol. The number of nitrogens with zero attached hydrogens (tertiary/aromatic N) is 1. The zero-order valence-corrected chi connectivity index (χ0v) is 8.51. The van der Waals surface area contributed by atoms with Crippen LogP contribution in [0.5, 0.6) is 0 Å². The Labute approximate surface area is 91.7 Å². The minimum atomic E-state index is -0.0324. The Bertz CT molecular complexity index is 336. The molecule has 0 bridgehead atoms. The summed E-state index contributed by atoms with van der Waals surface area (Å²) in [4.78, 5) is 0. The molecule has 2 rings (SSSR count). The molecule has 0 aliphatic heterocycles. The molecular formula is C14H13N. The summed E-state index contributed by atoms with van der Waals surface area (Å²) in [7, 11) is 0. The smallest absolute Gasteiger partial charge is 0.0661 e. The van der Waals surface area contributed by atoms with Crippen LogP contribution in [0, 0.1) is 42.9 Å². The van der Waals surface area contributed by atoms with E-state index in [9.17, 15) is 0 Å². The van der Waals surface area contributed by atoms with Gasteiger partial charge >= 0.3 is 0 Å². The maximum absolute atomic E-state index is 8.83. The molecule has 0 saturated heterocycles. The quantitative estimate of drug-likeness (QED) is 0.631. The molecule has 15 heavy (non-hydrogen) atoms. The molecule has 1 aromatic carbocycles. The van der Waals surface area contributed by atoms with E-state index in [1.165, 1.54) is 5.56 Å². The molecule has 1 heteroatoms. The fourth-order valence-electron chi connectivity index (χ4n) is 1.81. The van der Waals surface area contributed by atoms with Crippen molar-refractivity contribution in [3.63, 3.8) is 0 Å². The third kappa shape index (κ3) is 2.59. The summed E-state index contributed by atoms with van der Waals surface area (Å²) < 4.78 is 0. The van der Waals surface area contributed by atoms with Crippen LogP contribution in [0.1, 0.15) is 17.9 Å². The van der Waals surface area contributed by atoms with E-state index in [1.54, 1.807) is 0 Å². The Morgan fingerprint density at radius 2 is 1.93 bits per heavy atom. The van der Waals surface area contributed by atoms with E-state index in [-0.39, 0.29) is 5.92 Å². The van der Waals surface area contributed by atoms with E-state index in [0.29, 0.717) is 5.92 Å². The summed E-state index contributed by atoms with van der Waals surface area (Å²) in [6.07, 6.45) is 9.15. The minimum absolute atomic E-state index is 0.0324. The van der Waals surface area contributed by atoms with Crippen LogP contribution in [0.25, 0.3) is 0 Å². The average Bonchev–Trinajstić information content (AvgIpc) is 2.55. The molecule has 4 radical (unpaired) electrons. The number of hydrogen-bond acceptors (Lipinski definition) is 1. The summed E-state index contributed by atoms with van der Waals surface area (Å²) in [5, 5.41) is 8.83. The van der Waals surface area contributed by atoms with Crippen LogP contribution in [-0.2, 0) is 0 Å². The van der Waals surface area contributed by atoms with Crippen LogP contribution in [0.4, 0.5) is 0 Å². The highest BCUT2D eigenvalue weighted by Crippen LogP contribution is 2.31. The molecule has 74 valence electrons. The van der Waals surface area contributed by atoms with Gasteiger partial charge in [-0.25, -0.2) is 0 Å². The third-order valence-corrected chi connectivity index (χ3v) is 2.68. The van der Waals surface area contributed by atoms with Gasteiger partial charge in [-0.05, 0) is 43.6 Å². The fraction of sp³-hybridized carbons (Fsp3) is 0.214. The van der Waals surface area contributed by atoms with Gasteiger partial charge in [0.05, 0.1) is 12.0 Å². The first kappa shape index (κ1) is 10.2. The van der Waals surface area contributed by atoms with Crippen LogP contribution in [-0.4, -0.2) is 0 Å². The lowest BCUT2D eigenvalue weighted by atomic mass is 9.91. The fourth-order valence-corrected chi connectivity index (χ4v) is 1.81. The van der Waals surface area contributed by atoms with Gasteiger partial charge in [-0.2, -0.15) is 5.26 Å². The Kier molecular flexibility index (Phi) is 3.40. The predicted octanol–water partition coefficient (Wildman–Crippen LogP) is 3.13. The average molecular weight is 195 g/mol. The zero-order valence-electron chi connectivity index (χ0n) is 8.51. The van der Waals surface area contributed by atoms with Gasteiger partial charge in [-0.1, -0.05) is 30.3 Å². The predicted molar refractivity (Wildman–Crippen MR) is 60.1 cm³/mol. The summed E-state index contributed by atoms with van der Waals surface area (Å²) in [5.41, 5.74) is 1.32. The molecule has 0 aromatic heterocycles. The summed E-state index contributed by atoms with van der Waals surface area (Å²) >= 11 is 0. The van der Waals surface area contributed by atoms with Gasteiger partial charge in [0.25, 0.3) is 0 Å². The molecule has 1 fully saturated rings. The Morgan fingerprint density at radius 3 is 2.67 bits per heavy atom. The molecule has 0 amide bonds. The third-order valence-electron chi connectivity index (χ3n) is 2.68. The Morgan fingerprint density at radius 1 is 1.13 bits per heavy atom. The van der Waals surface area contributed by atoms with Crippen LogP contribution < -0.4 is 0 Å². The molecule has 0 heterocycles. The van der Waals surface area contributed by atoms with E-state index in [4.69, 9.17) is 5.26 Å². The van der Waals surface area contributed by atoms with Crippen LogP contribution >= 0.6 is 0 Å². The normalized spacial score (nSPS) is 26.6. The Balaban J connectivity index is 2.03. The SMILES string of the molecule is N#C[C@@H]1[CH][CH][CH][C@H](c2ccccc2)C[CH]1. The van der Waals surface area contributed by atoms with Crippen molar-refractivity contribution in [2.45, 2.75) is 12.3 Å². The second-order valence-electron chi connectivity index (χ2n) is 3.72. The van der Waals surface area contributed by atoms with Gasteiger partial charge in [0, 0.05) is 0 Å². The van der Waals surface area contributed by atoms with Crippen molar-refractivity contribution in [2.24, 2.45) is 5.92 Å². The summed E-state index contributed by atoms with van der Waals surface area (Å²) in [5.74, 6) is 0.385. The van der Waals surface area contributed by atoms with E-state index in [1.807, 2.05) is 18.9 Å². The molecule has 0 N–H and O–H groups in total. The van der Waals surface area contributed by atoms with Gasteiger partial charge in [-0.3, -0.25) is 0 Å². The molecule has 1 aliphatic carbocycles. The van der Waals surface area contributed by atoms with Gasteiger partial charge < -0.3 is 0 Å². The number of benzene rings is 1. The van der Waals surface area contributed by atoms with E-state index in [0.717, 1.165) is 6.42 Å². The second-order valence-corrected chi connectivity index (χ2v) is 3.72. The summed E-state index contributed by atoms with van der Waals surface area (Å²) in [6.45, 7) is 0. The van der Waals surface area contributed by atoms with Crippen molar-refractivity contribution in [2.75, 3.05) is 0 Å². The molecule has 1 aromatic rings. The molecule has 2 atom stereocenters. The van der Waals surface area contributed by atoms with E-state index in [2.05, 4.69) is 43.2 Å². The topological polar surface area (TPSA) is 23.8 Å². The maximum atomic E-state index is 8.83. The molecule has 0 spiro atoms. The largest absolute Gasteiger partial charge is 0.198 e. The van der Waals surface area contributed by atoms with Crippen molar-refractivity contribution in [3.05, 3.63) is 61.6 Å². The van der Waals surface area contributed by atoms with Crippen molar-refractivity contribution < 1.29 is 0 Å². The number of nitriles is 1. The minimum Gasteiger partial charge on any atom is -0.198 e. The standard InChI is InChI=1S/C14H13N/c15-11-12-5-4-8-14(10-9-12)13-6-2-1-3-7-13/h1-9,12,14H,10H2/t12-,14+/m1/s1. The second kappa shape index (κ2) is 4.98. The molecule has 1 saturated carbocycles. The summed E-state index contributed by atoms with van der Waals surface area (Å²) in [6, 6.07) is 12.7. The molecule has 1 nitrogen and oxygen atoms in total. The van der Waals surface area contributed by atoms with Crippen LogP contribution in [0.2, 0.25) is 0 Å². The highest BCUT2D eigenvalue weighted by Gasteiger charge is 2.20. The van der Waals surface area contributed by atoms with Gasteiger partial charge in [0.1, 0.15) is 0 Å². The molecule has 0 unspecified atom stereocenters. The lowest BCUT2D eigenvalue weighted by Gasteiger charge is -2.13. The van der Waals surface area contributed by atoms with Gasteiger partial charge in [0.15, 0.2) is 0 Å². The van der Waals surface area contributed by atoms with E-state index < -0.39 is 0 Å². The van der Waals surface area contributed by atoms with E-state index >= 15 is 0 Å². The van der Waals surface area contributed by atoms with Crippen molar-refractivity contribution in [1.82, 2.24) is 0 Å². The first-order valence-corrected chi connectivity index (χ1v) is 5.19. The van der Waals surface area contributed by atoms with Gasteiger partial charge in [0.2, 0.25) is 0 Å². The number of rotatable bonds is 1. The Hall–Kier alpha value is -1.29. The van der Waals surface area contributed by atoms with Crippen molar-refractivity contribution in [3.8, 4) is 6.07 Å². The molecule has 1 aliphatic rings. The van der Waals surface area contributed by atoms with Crippen LogP contribution in [0.15, 0.2) is 30.3 Å². The highest BCUT2D eigenvalue weighted by atomic mass is 14.3. The first-order chi connectivity index (χ1) is 7.40. The zero-order chi connectivity index (χ0) is 10.5.